The molecule has 3 nitrogen and oxygen atoms in total. The van der Waals surface area contributed by atoms with E-state index in [2.05, 4.69) is 11.4 Å². The zero-order chi connectivity index (χ0) is 14.4. The largest absolute Gasteiger partial charge is 0.496 e. The lowest BCUT2D eigenvalue weighted by Gasteiger charge is -2.13. The summed E-state index contributed by atoms with van der Waals surface area (Å²) in [6.07, 6.45) is 0. The lowest BCUT2D eigenvalue weighted by molar-refractivity contribution is 0.185. The molecule has 0 saturated carbocycles. The molecule has 0 heterocycles. The zero-order valence-electron chi connectivity index (χ0n) is 11.7. The molecular weight excluding hydrogens is 274 g/mol. The van der Waals surface area contributed by atoms with Crippen molar-refractivity contribution in [3.05, 3.63) is 58.6 Å². The van der Waals surface area contributed by atoms with Crippen LogP contribution in [0.3, 0.4) is 0 Å². The molecule has 1 N–H and O–H groups in total. The molecule has 20 heavy (non-hydrogen) atoms. The van der Waals surface area contributed by atoms with Gasteiger partial charge in [0.15, 0.2) is 0 Å². The van der Waals surface area contributed by atoms with E-state index >= 15 is 0 Å². The van der Waals surface area contributed by atoms with Crippen molar-refractivity contribution in [2.45, 2.75) is 13.2 Å². The van der Waals surface area contributed by atoms with E-state index in [0.717, 1.165) is 22.6 Å². The molecule has 106 valence electrons. The highest BCUT2D eigenvalue weighted by Crippen LogP contribution is 2.27. The molecule has 0 atom stereocenters. The maximum Gasteiger partial charge on any atom is 0.125 e. The topological polar surface area (TPSA) is 30.5 Å². The van der Waals surface area contributed by atoms with Crippen LogP contribution in [0.15, 0.2) is 42.5 Å². The highest BCUT2D eigenvalue weighted by molar-refractivity contribution is 6.31. The van der Waals surface area contributed by atoms with Gasteiger partial charge < -0.3 is 14.8 Å². The molecule has 0 unspecified atom stereocenters. The van der Waals surface area contributed by atoms with Crippen LogP contribution >= 0.6 is 11.6 Å². The SMILES string of the molecule is COCc1cccc(NCc2c(Cl)cccc2OC)c1. The average Bonchev–Trinajstić information content (AvgIpc) is 2.46. The van der Waals surface area contributed by atoms with Crippen molar-refractivity contribution in [1.82, 2.24) is 0 Å². The van der Waals surface area contributed by atoms with Crippen LogP contribution < -0.4 is 10.1 Å². The molecule has 2 rings (SSSR count). The second kappa shape index (κ2) is 7.17. The summed E-state index contributed by atoms with van der Waals surface area (Å²) in [6, 6.07) is 13.8. The molecule has 2 aromatic carbocycles. The second-order valence-electron chi connectivity index (χ2n) is 4.41. The molecule has 0 spiro atoms. The molecule has 0 bridgehead atoms. The molecule has 0 fully saturated rings. The lowest BCUT2D eigenvalue weighted by Crippen LogP contribution is -2.03. The van der Waals surface area contributed by atoms with Gasteiger partial charge in [-0.1, -0.05) is 29.8 Å². The molecule has 0 saturated heterocycles. The summed E-state index contributed by atoms with van der Waals surface area (Å²) in [4.78, 5) is 0. The normalized spacial score (nSPS) is 10.3. The summed E-state index contributed by atoms with van der Waals surface area (Å²) < 4.78 is 10.5. The summed E-state index contributed by atoms with van der Waals surface area (Å²) in [5.41, 5.74) is 3.11. The first-order chi connectivity index (χ1) is 9.74. The monoisotopic (exact) mass is 291 g/mol. The van der Waals surface area contributed by atoms with Gasteiger partial charge in [-0.2, -0.15) is 0 Å². The zero-order valence-corrected chi connectivity index (χ0v) is 12.4. The Morgan fingerprint density at radius 2 is 1.90 bits per heavy atom. The van der Waals surface area contributed by atoms with Crippen LogP contribution in [-0.4, -0.2) is 14.2 Å². The number of ether oxygens (including phenoxy) is 2. The molecule has 0 radical (unpaired) electrons. The predicted octanol–water partition coefficient (Wildman–Crippen LogP) is 4.11. The third kappa shape index (κ3) is 3.65. The summed E-state index contributed by atoms with van der Waals surface area (Å²) in [5, 5.41) is 4.05. The summed E-state index contributed by atoms with van der Waals surface area (Å²) in [6.45, 7) is 1.21. The van der Waals surface area contributed by atoms with Crippen LogP contribution in [0.4, 0.5) is 5.69 Å². The molecule has 0 aliphatic carbocycles. The first kappa shape index (κ1) is 14.7. The van der Waals surface area contributed by atoms with Crippen LogP contribution in [0.5, 0.6) is 5.75 Å². The fourth-order valence-electron chi connectivity index (χ4n) is 2.03. The summed E-state index contributed by atoms with van der Waals surface area (Å²) >= 11 is 6.22. The number of halogens is 1. The van der Waals surface area contributed by atoms with Crippen molar-refractivity contribution >= 4 is 17.3 Å². The lowest BCUT2D eigenvalue weighted by atomic mass is 10.1. The third-order valence-electron chi connectivity index (χ3n) is 3.00. The Balaban J connectivity index is 2.10. The predicted molar refractivity (Wildman–Crippen MR) is 82.5 cm³/mol. The van der Waals surface area contributed by atoms with Gasteiger partial charge in [0.1, 0.15) is 5.75 Å². The van der Waals surface area contributed by atoms with Crippen LogP contribution in [0.25, 0.3) is 0 Å². The maximum absolute atomic E-state index is 6.22. The van der Waals surface area contributed by atoms with Crippen molar-refractivity contribution in [2.75, 3.05) is 19.5 Å². The van der Waals surface area contributed by atoms with Gasteiger partial charge in [0, 0.05) is 29.9 Å². The number of rotatable bonds is 6. The van der Waals surface area contributed by atoms with Gasteiger partial charge in [-0.3, -0.25) is 0 Å². The van der Waals surface area contributed by atoms with Gasteiger partial charge in [0.2, 0.25) is 0 Å². The highest BCUT2D eigenvalue weighted by atomic mass is 35.5. The number of methoxy groups -OCH3 is 2. The van der Waals surface area contributed by atoms with Crippen molar-refractivity contribution < 1.29 is 9.47 Å². The number of nitrogens with one attached hydrogen (secondary N) is 1. The fourth-order valence-corrected chi connectivity index (χ4v) is 2.26. The van der Waals surface area contributed by atoms with Gasteiger partial charge in [-0.15, -0.1) is 0 Å². The van der Waals surface area contributed by atoms with E-state index in [1.54, 1.807) is 14.2 Å². The van der Waals surface area contributed by atoms with E-state index in [1.807, 2.05) is 36.4 Å². The first-order valence-electron chi connectivity index (χ1n) is 6.37. The van der Waals surface area contributed by atoms with Gasteiger partial charge >= 0.3 is 0 Å². The van der Waals surface area contributed by atoms with Crippen molar-refractivity contribution in [2.24, 2.45) is 0 Å². The Kier molecular flexibility index (Phi) is 5.27. The smallest absolute Gasteiger partial charge is 0.125 e. The standard InChI is InChI=1S/C16H18ClNO2/c1-19-11-12-5-3-6-13(9-12)18-10-14-15(17)7-4-8-16(14)20-2/h3-9,18H,10-11H2,1-2H3. The van der Waals surface area contributed by atoms with E-state index in [9.17, 15) is 0 Å². The van der Waals surface area contributed by atoms with Gasteiger partial charge in [-0.25, -0.2) is 0 Å². The van der Waals surface area contributed by atoms with Crippen LogP contribution in [0.2, 0.25) is 5.02 Å². The fraction of sp³-hybridized carbons (Fsp3) is 0.250. The Labute approximate surface area is 124 Å². The van der Waals surface area contributed by atoms with E-state index in [-0.39, 0.29) is 0 Å². The Hall–Kier alpha value is -1.71. The molecule has 0 aliphatic heterocycles. The van der Waals surface area contributed by atoms with Gasteiger partial charge in [0.25, 0.3) is 0 Å². The Bertz CT molecular complexity index is 572. The average molecular weight is 292 g/mol. The molecule has 0 aliphatic rings. The van der Waals surface area contributed by atoms with Gasteiger partial charge in [0.05, 0.1) is 13.7 Å². The van der Waals surface area contributed by atoms with E-state index < -0.39 is 0 Å². The van der Waals surface area contributed by atoms with Crippen LogP contribution in [0, 0.1) is 0 Å². The second-order valence-corrected chi connectivity index (χ2v) is 4.81. The third-order valence-corrected chi connectivity index (χ3v) is 3.36. The number of hydrogen-bond donors (Lipinski definition) is 1. The molecule has 4 heteroatoms. The summed E-state index contributed by atoms with van der Waals surface area (Å²) in [7, 11) is 3.34. The quantitative estimate of drug-likeness (QED) is 0.869. The first-order valence-corrected chi connectivity index (χ1v) is 6.75. The Morgan fingerprint density at radius 3 is 2.65 bits per heavy atom. The minimum Gasteiger partial charge on any atom is -0.496 e. The molecular formula is C16H18ClNO2. The van der Waals surface area contributed by atoms with Gasteiger partial charge in [-0.05, 0) is 29.8 Å². The molecule has 0 aromatic heterocycles. The van der Waals surface area contributed by atoms with E-state index in [4.69, 9.17) is 21.1 Å². The van der Waals surface area contributed by atoms with Crippen LogP contribution in [-0.2, 0) is 17.9 Å². The number of anilines is 1. The minimum atomic E-state index is 0.602. The molecule has 0 amide bonds. The Morgan fingerprint density at radius 1 is 1.10 bits per heavy atom. The minimum absolute atomic E-state index is 0.602. The van der Waals surface area contributed by atoms with E-state index in [1.165, 1.54) is 0 Å². The number of benzene rings is 2. The molecule has 2 aromatic rings. The number of hydrogen-bond acceptors (Lipinski definition) is 3. The highest BCUT2D eigenvalue weighted by Gasteiger charge is 2.07. The van der Waals surface area contributed by atoms with E-state index in [0.29, 0.717) is 18.2 Å². The maximum atomic E-state index is 6.22. The summed E-state index contributed by atoms with van der Waals surface area (Å²) in [5.74, 6) is 0.790. The van der Waals surface area contributed by atoms with Crippen molar-refractivity contribution in [3.8, 4) is 5.75 Å². The van der Waals surface area contributed by atoms with Crippen molar-refractivity contribution in [1.29, 1.82) is 0 Å². The van der Waals surface area contributed by atoms with Crippen molar-refractivity contribution in [3.63, 3.8) is 0 Å². The van der Waals surface area contributed by atoms with Crippen LogP contribution in [0.1, 0.15) is 11.1 Å².